The molecule has 1 aliphatic rings. The van der Waals surface area contributed by atoms with Crippen LogP contribution in [-0.2, 0) is 41.1 Å². The number of H-pyrrole nitrogens is 1. The number of aromatic amines is 1. The van der Waals surface area contributed by atoms with E-state index < -0.39 is 65.7 Å². The number of carbonyl (C=O) groups excluding carboxylic acids is 1. The predicted octanol–water partition coefficient (Wildman–Crippen LogP) is -0.592. The Bertz CT molecular complexity index is 1120. The first-order chi connectivity index (χ1) is 14.5. The molecule has 32 heavy (non-hydrogen) atoms. The molecule has 5 atom stereocenters. The monoisotopic (exact) mass is 524 g/mol. The predicted molar refractivity (Wildman–Crippen MR) is 100.0 cm³/mol. The van der Waals surface area contributed by atoms with Crippen LogP contribution < -0.4 is 11.2 Å². The van der Waals surface area contributed by atoms with Crippen LogP contribution in [0, 0.1) is 6.92 Å². The molecule has 0 amide bonds. The molecule has 5 N–H and O–H groups in total. The maximum absolute atomic E-state index is 12.1. The van der Waals surface area contributed by atoms with Crippen LogP contribution in [0.25, 0.3) is 0 Å². The first kappa shape index (κ1) is 26.8. The van der Waals surface area contributed by atoms with E-state index >= 15 is 0 Å². The first-order valence-electron chi connectivity index (χ1n) is 8.41. The van der Waals surface area contributed by atoms with E-state index in [-0.39, 0.29) is 12.0 Å². The summed E-state index contributed by atoms with van der Waals surface area (Å²) >= 11 is 0. The second-order valence-electron chi connectivity index (χ2n) is 6.38. The third-order valence-electron chi connectivity index (χ3n) is 3.77. The molecule has 0 radical (unpaired) electrons. The maximum atomic E-state index is 12.1. The van der Waals surface area contributed by atoms with Crippen LogP contribution in [0.4, 0.5) is 0 Å². The summed E-state index contributed by atoms with van der Waals surface area (Å²) in [6, 6.07) is 0. The van der Waals surface area contributed by atoms with E-state index in [2.05, 4.69) is 13.1 Å². The lowest BCUT2D eigenvalue weighted by Gasteiger charge is -2.20. The highest BCUT2D eigenvalue weighted by molar-refractivity contribution is 7.66. The number of hydrogen-bond donors (Lipinski definition) is 5. The highest BCUT2D eigenvalue weighted by Gasteiger charge is 2.44. The number of phosphoric ester groups is 1. The molecule has 1 saturated heterocycles. The zero-order chi connectivity index (χ0) is 24.5. The summed E-state index contributed by atoms with van der Waals surface area (Å²) in [7, 11) is -16.7. The van der Waals surface area contributed by atoms with Crippen LogP contribution >= 0.6 is 23.5 Å². The molecular weight excluding hydrogens is 505 g/mol. The molecule has 20 heteroatoms. The summed E-state index contributed by atoms with van der Waals surface area (Å²) in [5.74, 6) is -0.771. The lowest BCUT2D eigenvalue weighted by molar-refractivity contribution is -0.150. The minimum atomic E-state index is -5.72. The zero-order valence-electron chi connectivity index (χ0n) is 16.3. The Labute approximate surface area is 178 Å². The average molecular weight is 524 g/mol. The van der Waals surface area contributed by atoms with E-state index in [1.165, 1.54) is 13.1 Å². The Kier molecular flexibility index (Phi) is 8.19. The number of carbonyl (C=O) groups is 1. The average Bonchev–Trinajstić information content (AvgIpc) is 2.95. The maximum Gasteiger partial charge on any atom is 0.490 e. The van der Waals surface area contributed by atoms with Crippen LogP contribution in [0.2, 0.25) is 0 Å². The molecule has 0 aliphatic carbocycles. The van der Waals surface area contributed by atoms with Crippen LogP contribution in [-0.4, -0.2) is 53.9 Å². The van der Waals surface area contributed by atoms with Crippen molar-refractivity contribution >= 4 is 29.4 Å². The quantitative estimate of drug-likeness (QED) is 0.200. The van der Waals surface area contributed by atoms with Crippen molar-refractivity contribution in [1.29, 1.82) is 0 Å². The molecule has 1 aliphatic heterocycles. The van der Waals surface area contributed by atoms with Gasteiger partial charge in [0.2, 0.25) is 0 Å². The van der Waals surface area contributed by atoms with E-state index in [0.29, 0.717) is 0 Å². The van der Waals surface area contributed by atoms with Gasteiger partial charge in [-0.25, -0.2) is 18.5 Å². The molecule has 0 spiro atoms. The second kappa shape index (κ2) is 9.79. The van der Waals surface area contributed by atoms with Crippen LogP contribution in [0.5, 0.6) is 0 Å². The Hall–Kier alpha value is -1.48. The highest BCUT2D eigenvalue weighted by atomic mass is 31.3. The van der Waals surface area contributed by atoms with Gasteiger partial charge in [0.15, 0.2) is 0 Å². The Morgan fingerprint density at radius 1 is 1.19 bits per heavy atom. The third-order valence-corrected chi connectivity index (χ3v) is 7.57. The van der Waals surface area contributed by atoms with Crippen molar-refractivity contribution in [2.45, 2.75) is 38.7 Å². The summed E-state index contributed by atoms with van der Waals surface area (Å²) in [6.45, 7) is 1.58. The van der Waals surface area contributed by atoms with E-state index in [1.54, 1.807) is 0 Å². The fraction of sp³-hybridized carbons (Fsp3) is 0.583. The minimum absolute atomic E-state index is 0.143. The number of aryl methyl sites for hydroxylation is 1. The number of aromatic nitrogens is 2. The molecule has 182 valence electrons. The lowest BCUT2D eigenvalue weighted by atomic mass is 10.2. The zero-order valence-corrected chi connectivity index (χ0v) is 19.0. The molecule has 1 aromatic heterocycles. The van der Waals surface area contributed by atoms with Crippen LogP contribution in [0.1, 0.15) is 25.1 Å². The van der Waals surface area contributed by atoms with Gasteiger partial charge in [0.1, 0.15) is 18.4 Å². The van der Waals surface area contributed by atoms with Crippen molar-refractivity contribution in [3.63, 3.8) is 0 Å². The SMILES string of the molecule is CC(=O)O[C@H]1C[C@H](n2cc(C)c(=O)[nH]c2=O)O[C@@H]1COP(=O)(O)OP(=O)(O)OP(=O)(O)O. The number of esters is 1. The Morgan fingerprint density at radius 2 is 1.81 bits per heavy atom. The fourth-order valence-electron chi connectivity index (χ4n) is 2.63. The molecule has 0 aromatic carbocycles. The minimum Gasteiger partial charge on any atom is -0.460 e. The number of nitrogens with zero attached hydrogens (tertiary/aromatic N) is 1. The van der Waals surface area contributed by atoms with Crippen LogP contribution in [0.15, 0.2) is 15.8 Å². The summed E-state index contributed by atoms with van der Waals surface area (Å²) in [5, 5.41) is 0. The van der Waals surface area contributed by atoms with Crippen molar-refractivity contribution in [3.8, 4) is 0 Å². The largest absolute Gasteiger partial charge is 0.490 e. The van der Waals surface area contributed by atoms with Gasteiger partial charge in [0.25, 0.3) is 5.56 Å². The number of nitrogens with one attached hydrogen (secondary N) is 1. The van der Waals surface area contributed by atoms with Gasteiger partial charge in [-0.2, -0.15) is 8.62 Å². The molecule has 1 fully saturated rings. The number of ether oxygens (including phenoxy) is 2. The standard InChI is InChI=1S/C12H19N2O15P3/c1-6-4-14(12(17)13-11(6)16)10-3-8(26-7(2)15)9(27-10)5-25-31(21,22)29-32(23,24)28-30(18,19)20/h4,8-10H,3,5H2,1-2H3,(H,21,22)(H,23,24)(H,13,16,17)(H2,18,19,20)/t8-,9+,10+/m0/s1. The van der Waals surface area contributed by atoms with Gasteiger partial charge >= 0.3 is 35.1 Å². The van der Waals surface area contributed by atoms with Crippen molar-refractivity contribution in [3.05, 3.63) is 32.6 Å². The molecule has 0 bridgehead atoms. The van der Waals surface area contributed by atoms with E-state index in [1.807, 2.05) is 4.98 Å². The molecule has 17 nitrogen and oxygen atoms in total. The normalized spacial score (nSPS) is 25.1. The Morgan fingerprint density at radius 3 is 2.38 bits per heavy atom. The van der Waals surface area contributed by atoms with Gasteiger partial charge in [-0.3, -0.25) is 23.7 Å². The Balaban J connectivity index is 2.15. The van der Waals surface area contributed by atoms with Crippen LogP contribution in [0.3, 0.4) is 0 Å². The molecule has 2 rings (SSSR count). The van der Waals surface area contributed by atoms with Gasteiger partial charge in [0.05, 0.1) is 6.61 Å². The molecule has 0 saturated carbocycles. The van der Waals surface area contributed by atoms with Crippen molar-refractivity contribution in [2.75, 3.05) is 6.61 Å². The van der Waals surface area contributed by atoms with Gasteiger partial charge in [-0.15, -0.1) is 0 Å². The molecular formula is C12H19N2O15P3. The topological polar surface area (TPSA) is 250 Å². The van der Waals surface area contributed by atoms with Crippen molar-refractivity contribution in [2.24, 2.45) is 0 Å². The smallest absolute Gasteiger partial charge is 0.460 e. The fourth-order valence-corrected chi connectivity index (χ4v) is 5.66. The van der Waals surface area contributed by atoms with E-state index in [9.17, 15) is 33.0 Å². The highest BCUT2D eigenvalue weighted by Crippen LogP contribution is 2.66. The van der Waals surface area contributed by atoms with E-state index in [0.717, 1.165) is 11.5 Å². The van der Waals surface area contributed by atoms with Gasteiger partial charge in [-0.1, -0.05) is 0 Å². The number of hydrogen-bond acceptors (Lipinski definition) is 11. The van der Waals surface area contributed by atoms with Crippen molar-refractivity contribution in [1.82, 2.24) is 9.55 Å². The van der Waals surface area contributed by atoms with Gasteiger partial charge in [-0.05, 0) is 6.92 Å². The summed E-state index contributed by atoms with van der Waals surface area (Å²) in [5.41, 5.74) is -1.32. The third kappa shape index (κ3) is 7.83. The molecule has 2 heterocycles. The lowest BCUT2D eigenvalue weighted by Crippen LogP contribution is -2.33. The first-order valence-corrected chi connectivity index (χ1v) is 12.9. The van der Waals surface area contributed by atoms with Crippen molar-refractivity contribution < 1.29 is 60.7 Å². The second-order valence-corrected chi connectivity index (χ2v) is 10.8. The molecule has 2 unspecified atom stereocenters. The molecule has 1 aromatic rings. The number of phosphoric acid groups is 3. The van der Waals surface area contributed by atoms with E-state index in [4.69, 9.17) is 24.2 Å². The van der Waals surface area contributed by atoms with Gasteiger partial charge < -0.3 is 29.0 Å². The van der Waals surface area contributed by atoms with Gasteiger partial charge in [0, 0.05) is 25.1 Å². The number of rotatable bonds is 9. The summed E-state index contributed by atoms with van der Waals surface area (Å²) < 4.78 is 57.1. The summed E-state index contributed by atoms with van der Waals surface area (Å²) in [4.78, 5) is 72.7. The summed E-state index contributed by atoms with van der Waals surface area (Å²) in [6.07, 6.45) is -2.48.